The van der Waals surface area contributed by atoms with Crippen molar-refractivity contribution in [2.75, 3.05) is 0 Å². The van der Waals surface area contributed by atoms with Crippen molar-refractivity contribution in [1.29, 1.82) is 0 Å². The molecule has 1 aromatic carbocycles. The zero-order valence-corrected chi connectivity index (χ0v) is 12.5. The van der Waals surface area contributed by atoms with Gasteiger partial charge in [0.15, 0.2) is 0 Å². The number of nitrogens with one attached hydrogen (secondary N) is 1. The van der Waals surface area contributed by atoms with Gasteiger partial charge in [-0.15, -0.1) is 10.2 Å². The molecule has 1 atom stereocenters. The van der Waals surface area contributed by atoms with E-state index in [9.17, 15) is 9.90 Å². The maximum Gasteiger partial charge on any atom is 0.328 e. The van der Waals surface area contributed by atoms with Crippen molar-refractivity contribution in [3.8, 4) is 0 Å². The fraction of sp³-hybridized carbons (Fsp3) is 0.400. The van der Waals surface area contributed by atoms with Crippen molar-refractivity contribution in [2.45, 2.75) is 39.4 Å². The van der Waals surface area contributed by atoms with Gasteiger partial charge < -0.3 is 9.67 Å². The molecule has 2 rings (SSSR count). The van der Waals surface area contributed by atoms with E-state index in [2.05, 4.69) is 15.5 Å². The zero-order chi connectivity index (χ0) is 15.5. The predicted octanol–water partition coefficient (Wildman–Crippen LogP) is 1.70. The standard InChI is InChI=1S/C15H20N4O2/c1-4-19-11(2)17-18-13(19)10-16-15(3,14(20)21)12-8-6-5-7-9-12/h5-9,16H,4,10H2,1-3H3,(H,20,21). The van der Waals surface area contributed by atoms with Crippen LogP contribution < -0.4 is 5.32 Å². The molecule has 0 saturated heterocycles. The molecular formula is C15H20N4O2. The van der Waals surface area contributed by atoms with Crippen LogP contribution in [0.4, 0.5) is 0 Å². The number of rotatable bonds is 6. The third kappa shape index (κ3) is 2.95. The Labute approximate surface area is 123 Å². The van der Waals surface area contributed by atoms with Gasteiger partial charge in [-0.3, -0.25) is 5.32 Å². The van der Waals surface area contributed by atoms with Gasteiger partial charge in [0.1, 0.15) is 17.2 Å². The lowest BCUT2D eigenvalue weighted by Crippen LogP contribution is -2.46. The lowest BCUT2D eigenvalue weighted by atomic mass is 9.92. The van der Waals surface area contributed by atoms with Crippen LogP contribution in [0.25, 0.3) is 0 Å². The fourth-order valence-corrected chi connectivity index (χ4v) is 2.30. The summed E-state index contributed by atoms with van der Waals surface area (Å²) < 4.78 is 1.96. The quantitative estimate of drug-likeness (QED) is 0.845. The minimum Gasteiger partial charge on any atom is -0.480 e. The highest BCUT2D eigenvalue weighted by Crippen LogP contribution is 2.21. The number of carboxylic acids is 1. The molecule has 0 aliphatic carbocycles. The van der Waals surface area contributed by atoms with Gasteiger partial charge in [0, 0.05) is 6.54 Å². The first-order chi connectivity index (χ1) is 9.99. The average Bonchev–Trinajstić information content (AvgIpc) is 2.85. The smallest absolute Gasteiger partial charge is 0.328 e. The van der Waals surface area contributed by atoms with Gasteiger partial charge in [-0.05, 0) is 26.3 Å². The van der Waals surface area contributed by atoms with E-state index >= 15 is 0 Å². The molecule has 0 spiro atoms. The zero-order valence-electron chi connectivity index (χ0n) is 12.5. The summed E-state index contributed by atoms with van der Waals surface area (Å²) in [5, 5.41) is 20.8. The molecule has 6 heteroatoms. The molecule has 0 bridgehead atoms. The van der Waals surface area contributed by atoms with Gasteiger partial charge in [0.05, 0.1) is 6.54 Å². The molecule has 0 amide bonds. The summed E-state index contributed by atoms with van der Waals surface area (Å²) in [6, 6.07) is 9.13. The van der Waals surface area contributed by atoms with E-state index in [4.69, 9.17) is 0 Å². The van der Waals surface area contributed by atoms with E-state index in [1.165, 1.54) is 0 Å². The van der Waals surface area contributed by atoms with E-state index in [-0.39, 0.29) is 0 Å². The van der Waals surface area contributed by atoms with Gasteiger partial charge >= 0.3 is 5.97 Å². The normalized spacial score (nSPS) is 13.9. The molecule has 1 aromatic heterocycles. The third-order valence-electron chi connectivity index (χ3n) is 3.71. The topological polar surface area (TPSA) is 80.0 Å². The molecule has 0 aliphatic heterocycles. The molecule has 0 aliphatic rings. The van der Waals surface area contributed by atoms with Crippen molar-refractivity contribution >= 4 is 5.97 Å². The Kier molecular flexibility index (Phi) is 4.37. The summed E-state index contributed by atoms with van der Waals surface area (Å²) in [4.78, 5) is 11.7. The molecule has 1 unspecified atom stereocenters. The van der Waals surface area contributed by atoms with Crippen LogP contribution in [-0.2, 0) is 23.4 Å². The van der Waals surface area contributed by atoms with Crippen LogP contribution in [0, 0.1) is 6.92 Å². The highest BCUT2D eigenvalue weighted by Gasteiger charge is 2.34. The molecule has 0 saturated carbocycles. The number of hydrogen-bond acceptors (Lipinski definition) is 4. The molecule has 2 N–H and O–H groups in total. The van der Waals surface area contributed by atoms with Crippen LogP contribution in [0.15, 0.2) is 30.3 Å². The summed E-state index contributed by atoms with van der Waals surface area (Å²) in [5.41, 5.74) is -0.462. The summed E-state index contributed by atoms with van der Waals surface area (Å²) in [5.74, 6) is 0.637. The van der Waals surface area contributed by atoms with Gasteiger partial charge in [-0.1, -0.05) is 30.3 Å². The molecule has 2 aromatic rings. The van der Waals surface area contributed by atoms with Crippen molar-refractivity contribution in [1.82, 2.24) is 20.1 Å². The van der Waals surface area contributed by atoms with E-state index in [0.29, 0.717) is 12.1 Å². The molecular weight excluding hydrogens is 268 g/mol. The molecule has 0 radical (unpaired) electrons. The summed E-state index contributed by atoms with van der Waals surface area (Å²) in [6.07, 6.45) is 0. The number of aryl methyl sites for hydroxylation is 1. The second kappa shape index (κ2) is 6.05. The number of aliphatic carboxylic acids is 1. The van der Waals surface area contributed by atoms with Gasteiger partial charge in [-0.2, -0.15) is 0 Å². The van der Waals surface area contributed by atoms with Crippen LogP contribution in [-0.4, -0.2) is 25.8 Å². The van der Waals surface area contributed by atoms with Crippen LogP contribution >= 0.6 is 0 Å². The SMILES string of the molecule is CCn1c(C)nnc1CNC(C)(C(=O)O)c1ccccc1. The molecule has 0 fully saturated rings. The lowest BCUT2D eigenvalue weighted by molar-refractivity contribution is -0.144. The third-order valence-corrected chi connectivity index (χ3v) is 3.71. The molecule has 6 nitrogen and oxygen atoms in total. The first-order valence-corrected chi connectivity index (χ1v) is 6.91. The Hall–Kier alpha value is -2.21. The number of aromatic nitrogens is 3. The predicted molar refractivity (Wildman–Crippen MR) is 78.7 cm³/mol. The average molecular weight is 288 g/mol. The molecule has 1 heterocycles. The number of carboxylic acid groups (broad SMARTS) is 1. The molecule has 112 valence electrons. The van der Waals surface area contributed by atoms with E-state index in [0.717, 1.165) is 18.2 Å². The highest BCUT2D eigenvalue weighted by molar-refractivity contribution is 5.80. The van der Waals surface area contributed by atoms with Crippen molar-refractivity contribution in [3.05, 3.63) is 47.5 Å². The van der Waals surface area contributed by atoms with Crippen molar-refractivity contribution in [2.24, 2.45) is 0 Å². The Bertz CT molecular complexity index is 624. The van der Waals surface area contributed by atoms with Crippen molar-refractivity contribution < 1.29 is 9.90 Å². The Morgan fingerprint density at radius 3 is 2.57 bits per heavy atom. The van der Waals surface area contributed by atoms with Gasteiger partial charge in [0.25, 0.3) is 0 Å². The minimum absolute atomic E-state index is 0.340. The largest absolute Gasteiger partial charge is 0.480 e. The fourth-order valence-electron chi connectivity index (χ4n) is 2.30. The number of carbonyl (C=O) groups is 1. The van der Waals surface area contributed by atoms with Crippen LogP contribution in [0.5, 0.6) is 0 Å². The van der Waals surface area contributed by atoms with E-state index in [1.807, 2.05) is 36.6 Å². The first-order valence-electron chi connectivity index (χ1n) is 6.91. The highest BCUT2D eigenvalue weighted by atomic mass is 16.4. The van der Waals surface area contributed by atoms with Crippen molar-refractivity contribution in [3.63, 3.8) is 0 Å². The lowest BCUT2D eigenvalue weighted by Gasteiger charge is -2.26. The van der Waals surface area contributed by atoms with E-state index in [1.54, 1.807) is 19.1 Å². The number of nitrogens with zero attached hydrogens (tertiary/aromatic N) is 3. The first kappa shape index (κ1) is 15.2. The summed E-state index contributed by atoms with van der Waals surface area (Å²) >= 11 is 0. The Morgan fingerprint density at radius 2 is 2.00 bits per heavy atom. The maximum absolute atomic E-state index is 11.7. The van der Waals surface area contributed by atoms with Crippen LogP contribution in [0.2, 0.25) is 0 Å². The maximum atomic E-state index is 11.7. The minimum atomic E-state index is -1.17. The number of benzene rings is 1. The summed E-state index contributed by atoms with van der Waals surface area (Å²) in [7, 11) is 0. The van der Waals surface area contributed by atoms with Crippen LogP contribution in [0.1, 0.15) is 31.1 Å². The summed E-state index contributed by atoms with van der Waals surface area (Å²) in [6.45, 7) is 6.64. The Balaban J connectivity index is 2.24. The van der Waals surface area contributed by atoms with Crippen LogP contribution in [0.3, 0.4) is 0 Å². The second-order valence-electron chi connectivity index (χ2n) is 5.06. The number of hydrogen-bond donors (Lipinski definition) is 2. The van der Waals surface area contributed by atoms with Gasteiger partial charge in [0.2, 0.25) is 0 Å². The van der Waals surface area contributed by atoms with E-state index < -0.39 is 11.5 Å². The second-order valence-corrected chi connectivity index (χ2v) is 5.06. The molecule has 21 heavy (non-hydrogen) atoms. The van der Waals surface area contributed by atoms with Gasteiger partial charge in [-0.25, -0.2) is 4.79 Å². The Morgan fingerprint density at radius 1 is 1.33 bits per heavy atom. The monoisotopic (exact) mass is 288 g/mol.